The van der Waals surface area contributed by atoms with E-state index in [0.29, 0.717) is 0 Å². The average molecular weight is 590 g/mol. The molecular weight excluding hydrogens is 561 g/mol. The van der Waals surface area contributed by atoms with Gasteiger partial charge in [-0.2, -0.15) is 0 Å². The molecule has 3 aliphatic heterocycles. The van der Waals surface area contributed by atoms with Crippen molar-refractivity contribution in [1.82, 2.24) is 0 Å². The molecule has 0 fully saturated rings. The Morgan fingerprint density at radius 3 is 1.93 bits per heavy atom. The first kappa shape index (κ1) is 25.1. The number of benzene rings is 7. The maximum absolute atomic E-state index is 6.95. The summed E-state index contributed by atoms with van der Waals surface area (Å²) in [4.78, 5) is 2.50. The first-order valence-electron chi connectivity index (χ1n) is 15.7. The number of anilines is 3. The zero-order chi connectivity index (χ0) is 29.7. The van der Waals surface area contributed by atoms with Crippen molar-refractivity contribution in [3.05, 3.63) is 157 Å². The molecule has 10 rings (SSSR count). The quantitative estimate of drug-likeness (QED) is 0.262. The summed E-state index contributed by atoms with van der Waals surface area (Å²) in [6, 6.07) is 56.5. The lowest BCUT2D eigenvalue weighted by Crippen LogP contribution is -2.87. The summed E-state index contributed by atoms with van der Waals surface area (Å²) in [5.41, 5.74) is 8.88. The smallest absolute Gasteiger partial charge is 0.256 e. The van der Waals surface area contributed by atoms with Crippen LogP contribution < -0.4 is 46.8 Å². The van der Waals surface area contributed by atoms with Gasteiger partial charge in [0.2, 0.25) is 0 Å². The fraction of sp³-hybridized carbons (Fsp3) is 0.0244. The molecule has 0 atom stereocenters. The molecule has 0 bridgehead atoms. The van der Waals surface area contributed by atoms with Crippen LogP contribution in [0.2, 0.25) is 0 Å². The summed E-state index contributed by atoms with van der Waals surface area (Å²) in [5, 5.41) is 8.19. The van der Waals surface area contributed by atoms with Crippen LogP contribution in [0.4, 0.5) is 17.1 Å². The number of rotatable bonds is 3. The first-order valence-corrected chi connectivity index (χ1v) is 17.7. The molecule has 2 nitrogen and oxygen atoms in total. The van der Waals surface area contributed by atoms with Crippen LogP contribution in [0, 0.1) is 6.92 Å². The molecule has 0 aliphatic carbocycles. The van der Waals surface area contributed by atoms with Gasteiger partial charge in [-0.3, -0.25) is 0 Å². The van der Waals surface area contributed by atoms with E-state index in [1.165, 1.54) is 70.5 Å². The predicted molar refractivity (Wildman–Crippen MR) is 192 cm³/mol. The Bertz CT molecular complexity index is 2300. The van der Waals surface area contributed by atoms with E-state index in [1.807, 2.05) is 0 Å². The van der Waals surface area contributed by atoms with Gasteiger partial charge in [0.05, 0.1) is 0 Å². The molecule has 0 radical (unpaired) electrons. The highest BCUT2D eigenvalue weighted by molar-refractivity contribution is 7.27. The lowest BCUT2D eigenvalue weighted by molar-refractivity contribution is 0.487. The van der Waals surface area contributed by atoms with Gasteiger partial charge in [-0.1, -0.05) is 115 Å². The largest absolute Gasteiger partial charge is 0.458 e. The maximum Gasteiger partial charge on any atom is 0.256 e. The van der Waals surface area contributed by atoms with Crippen LogP contribution in [0.3, 0.4) is 0 Å². The highest BCUT2D eigenvalue weighted by Gasteiger charge is 2.55. The van der Waals surface area contributed by atoms with Crippen LogP contribution in [0.25, 0.3) is 10.8 Å². The molecular formula is C41H28BNOSi. The summed E-state index contributed by atoms with van der Waals surface area (Å²) in [7, 11) is -2.75. The van der Waals surface area contributed by atoms with Crippen molar-refractivity contribution in [2.75, 3.05) is 4.90 Å². The second-order valence-electron chi connectivity index (χ2n) is 12.5. The standard InChI is InChI=1S/C41H28BNOSi/c1-27-24-34-39-36(25-27)44-35-19-11-21-38-41(35)42(39)40-33(43(34)30-23-22-28-12-8-9-13-29(28)26-30)18-10-20-37(40)45(38,31-14-4-2-5-15-31)32-16-6-3-7-17-32/h2-26H,1H3. The van der Waals surface area contributed by atoms with Crippen LogP contribution in [-0.2, 0) is 0 Å². The maximum atomic E-state index is 6.95. The van der Waals surface area contributed by atoms with Gasteiger partial charge in [-0.15, -0.1) is 0 Å². The molecule has 7 aromatic rings. The molecule has 0 saturated carbocycles. The van der Waals surface area contributed by atoms with E-state index in [0.717, 1.165) is 11.5 Å². The van der Waals surface area contributed by atoms with E-state index in [1.54, 1.807) is 0 Å². The zero-order valence-electron chi connectivity index (χ0n) is 24.9. The molecule has 7 aromatic carbocycles. The van der Waals surface area contributed by atoms with Crippen LogP contribution in [0.1, 0.15) is 5.56 Å². The van der Waals surface area contributed by atoms with Crippen LogP contribution in [0.15, 0.2) is 152 Å². The normalized spacial score (nSPS) is 14.6. The number of fused-ring (bicyclic) bond motifs is 1. The molecule has 0 unspecified atom stereocenters. The number of ether oxygens (including phenoxy) is 1. The minimum atomic E-state index is -2.75. The van der Waals surface area contributed by atoms with Crippen molar-refractivity contribution < 1.29 is 4.74 Å². The summed E-state index contributed by atoms with van der Waals surface area (Å²) in [6.07, 6.45) is 0. The third kappa shape index (κ3) is 3.24. The van der Waals surface area contributed by atoms with Crippen molar-refractivity contribution in [3.63, 3.8) is 0 Å². The molecule has 0 amide bonds. The Morgan fingerprint density at radius 1 is 0.511 bits per heavy atom. The second-order valence-corrected chi connectivity index (χ2v) is 16.3. The minimum absolute atomic E-state index is 0.103. The van der Waals surface area contributed by atoms with Crippen molar-refractivity contribution in [2.45, 2.75) is 6.92 Å². The highest BCUT2D eigenvalue weighted by atomic mass is 28.3. The zero-order valence-corrected chi connectivity index (χ0v) is 25.9. The first-order chi connectivity index (χ1) is 22.2. The summed E-state index contributed by atoms with van der Waals surface area (Å²) >= 11 is 0. The Balaban J connectivity index is 1.38. The average Bonchev–Trinajstić information content (AvgIpc) is 3.09. The number of aryl methyl sites for hydroxylation is 1. The topological polar surface area (TPSA) is 12.5 Å². The van der Waals surface area contributed by atoms with E-state index in [9.17, 15) is 0 Å². The van der Waals surface area contributed by atoms with E-state index in [4.69, 9.17) is 4.74 Å². The molecule has 45 heavy (non-hydrogen) atoms. The van der Waals surface area contributed by atoms with Gasteiger partial charge in [-0.05, 0) is 96.8 Å². The number of hydrogen-bond donors (Lipinski definition) is 0. The van der Waals surface area contributed by atoms with E-state index < -0.39 is 8.07 Å². The van der Waals surface area contributed by atoms with Gasteiger partial charge >= 0.3 is 0 Å². The molecule has 0 saturated heterocycles. The van der Waals surface area contributed by atoms with Crippen molar-refractivity contribution >= 4 is 79.8 Å². The van der Waals surface area contributed by atoms with Gasteiger partial charge in [0.25, 0.3) is 6.71 Å². The van der Waals surface area contributed by atoms with Gasteiger partial charge in [0.15, 0.2) is 8.07 Å². The van der Waals surface area contributed by atoms with Crippen molar-refractivity contribution in [1.29, 1.82) is 0 Å². The van der Waals surface area contributed by atoms with Gasteiger partial charge in [0.1, 0.15) is 11.5 Å². The van der Waals surface area contributed by atoms with E-state index >= 15 is 0 Å². The predicted octanol–water partition coefficient (Wildman–Crippen LogP) is 5.24. The minimum Gasteiger partial charge on any atom is -0.458 e. The van der Waals surface area contributed by atoms with Crippen LogP contribution in [0.5, 0.6) is 11.5 Å². The Kier molecular flexibility index (Phi) is 5.07. The third-order valence-corrected chi connectivity index (χ3v) is 15.1. The lowest BCUT2D eigenvalue weighted by atomic mass is 9.34. The molecule has 4 heteroatoms. The Hall–Kier alpha value is -5.32. The fourth-order valence-electron chi connectivity index (χ4n) is 8.53. The Labute approximate surface area is 264 Å². The Morgan fingerprint density at radius 2 is 1.18 bits per heavy atom. The summed E-state index contributed by atoms with van der Waals surface area (Å²) in [6.45, 7) is 2.28. The fourth-order valence-corrected chi connectivity index (χ4v) is 13.8. The summed E-state index contributed by atoms with van der Waals surface area (Å²) < 4.78 is 6.95. The van der Waals surface area contributed by atoms with Gasteiger partial charge < -0.3 is 9.64 Å². The molecule has 210 valence electrons. The SMILES string of the molecule is Cc1cc2c3c(c1)N(c1ccc4ccccc4c1)c1cccc4c1B3c1c(cccc1[Si]4(c1ccccc1)c1ccccc1)O2. The van der Waals surface area contributed by atoms with Crippen molar-refractivity contribution in [3.8, 4) is 11.5 Å². The van der Waals surface area contributed by atoms with Crippen molar-refractivity contribution in [2.24, 2.45) is 0 Å². The second kappa shape index (κ2) is 9.10. The van der Waals surface area contributed by atoms with E-state index in [-0.39, 0.29) is 6.71 Å². The summed E-state index contributed by atoms with van der Waals surface area (Å²) in [5.74, 6) is 1.96. The lowest BCUT2D eigenvalue weighted by Gasteiger charge is -2.49. The van der Waals surface area contributed by atoms with Crippen LogP contribution in [-0.4, -0.2) is 14.8 Å². The molecule has 0 N–H and O–H groups in total. The monoisotopic (exact) mass is 589 g/mol. The van der Waals surface area contributed by atoms with Gasteiger partial charge in [0, 0.05) is 17.1 Å². The van der Waals surface area contributed by atoms with Gasteiger partial charge in [-0.25, -0.2) is 0 Å². The van der Waals surface area contributed by atoms with E-state index in [2.05, 4.69) is 163 Å². The number of nitrogens with zero attached hydrogens (tertiary/aromatic N) is 1. The van der Waals surface area contributed by atoms with Crippen LogP contribution >= 0.6 is 0 Å². The molecule has 0 spiro atoms. The number of hydrogen-bond acceptors (Lipinski definition) is 2. The molecule has 3 aliphatic rings. The molecule has 0 aromatic heterocycles. The highest BCUT2D eigenvalue weighted by Crippen LogP contribution is 2.42. The third-order valence-electron chi connectivity index (χ3n) is 10.2. The molecule has 3 heterocycles.